The Balaban J connectivity index is 1.68. The van der Waals surface area contributed by atoms with Crippen molar-refractivity contribution in [3.8, 4) is 0 Å². The summed E-state index contributed by atoms with van der Waals surface area (Å²) in [6.07, 6.45) is 6.88. The molecule has 2 aliphatic rings. The first-order valence-electron chi connectivity index (χ1n) is 6.35. The molecule has 2 aliphatic carbocycles. The van der Waals surface area contributed by atoms with E-state index in [9.17, 15) is 8.42 Å². The Bertz CT molecular complexity index is 612. The molecule has 3 rings (SSSR count). The van der Waals surface area contributed by atoms with Crippen LogP contribution in [-0.4, -0.2) is 14.5 Å². The van der Waals surface area contributed by atoms with Crippen molar-refractivity contribution >= 4 is 21.6 Å². The zero-order chi connectivity index (χ0) is 13.5. The molecule has 19 heavy (non-hydrogen) atoms. The predicted molar refractivity (Wildman–Crippen MR) is 75.9 cm³/mol. The van der Waals surface area contributed by atoms with Crippen LogP contribution in [0.4, 0.5) is 11.4 Å². The Labute approximate surface area is 113 Å². The minimum Gasteiger partial charge on any atom is -0.382 e. The van der Waals surface area contributed by atoms with Crippen LogP contribution in [-0.2, 0) is 10.2 Å². The Kier molecular flexibility index (Phi) is 2.99. The Morgan fingerprint density at radius 3 is 2.79 bits per heavy atom. The molecule has 3 unspecified atom stereocenters. The zero-order valence-corrected chi connectivity index (χ0v) is 11.2. The molecule has 1 aromatic carbocycles. The van der Waals surface area contributed by atoms with Crippen LogP contribution in [0.15, 0.2) is 36.4 Å². The van der Waals surface area contributed by atoms with E-state index < -0.39 is 10.2 Å². The Morgan fingerprint density at radius 2 is 2.05 bits per heavy atom. The molecule has 0 aliphatic heterocycles. The van der Waals surface area contributed by atoms with Gasteiger partial charge in [-0.3, -0.25) is 4.72 Å². The molecule has 6 heteroatoms. The molecule has 1 fully saturated rings. The van der Waals surface area contributed by atoms with Crippen LogP contribution < -0.4 is 15.2 Å². The van der Waals surface area contributed by atoms with E-state index in [0.717, 1.165) is 11.6 Å². The molecule has 4 N–H and O–H groups in total. The van der Waals surface area contributed by atoms with Crippen LogP contribution in [0.25, 0.3) is 0 Å². The average Bonchev–Trinajstić information content (AvgIpc) is 2.66. The molecule has 5 nitrogen and oxygen atoms in total. The van der Waals surface area contributed by atoms with Gasteiger partial charge in [-0.2, -0.15) is 8.42 Å². The predicted octanol–water partition coefficient (Wildman–Crippen LogP) is 1.68. The van der Waals surface area contributed by atoms with Gasteiger partial charge in [0.2, 0.25) is 0 Å². The average molecular weight is 279 g/mol. The highest BCUT2D eigenvalue weighted by molar-refractivity contribution is 7.90. The van der Waals surface area contributed by atoms with Gasteiger partial charge in [0.05, 0.1) is 5.69 Å². The molecular formula is C13H17N3O2S. The summed E-state index contributed by atoms with van der Waals surface area (Å²) in [5, 5.41) is 8.41. The number of benzene rings is 1. The van der Waals surface area contributed by atoms with E-state index in [1.54, 1.807) is 18.2 Å². The molecule has 0 bridgehead atoms. The number of nitrogens with one attached hydrogen (secondary N) is 2. The third kappa shape index (κ3) is 2.74. The van der Waals surface area contributed by atoms with Crippen LogP contribution in [0.1, 0.15) is 12.8 Å². The summed E-state index contributed by atoms with van der Waals surface area (Å²) in [5.41, 5.74) is 1.39. The summed E-state index contributed by atoms with van der Waals surface area (Å²) in [4.78, 5) is 0. The van der Waals surface area contributed by atoms with Gasteiger partial charge in [-0.15, -0.1) is 0 Å². The third-order valence-corrected chi connectivity index (χ3v) is 4.36. The number of hydrogen-bond acceptors (Lipinski definition) is 3. The van der Waals surface area contributed by atoms with Crippen molar-refractivity contribution in [2.75, 3.05) is 10.0 Å². The van der Waals surface area contributed by atoms with Crippen molar-refractivity contribution < 1.29 is 8.42 Å². The standard InChI is InChI=1S/C13H17N3O2S/c14-19(17,18)16-11-5-2-4-10(8-11)15-13-7-9-3-1-6-12(9)13/h1-2,4-6,8-9,12-13,15-16H,3,7H2,(H2,14,17,18). The Morgan fingerprint density at radius 1 is 1.26 bits per heavy atom. The SMILES string of the molecule is NS(=O)(=O)Nc1cccc(NC2CC3CC=CC32)c1. The highest BCUT2D eigenvalue weighted by atomic mass is 32.2. The van der Waals surface area contributed by atoms with Crippen molar-refractivity contribution in [2.24, 2.45) is 17.0 Å². The number of anilines is 2. The minimum absolute atomic E-state index is 0.452. The first-order valence-corrected chi connectivity index (χ1v) is 7.90. The summed E-state index contributed by atoms with van der Waals surface area (Å²) in [6, 6.07) is 7.62. The molecule has 0 heterocycles. The van der Waals surface area contributed by atoms with Crippen LogP contribution in [0.5, 0.6) is 0 Å². The van der Waals surface area contributed by atoms with Crippen molar-refractivity contribution in [1.82, 2.24) is 0 Å². The van der Waals surface area contributed by atoms with Crippen molar-refractivity contribution in [3.05, 3.63) is 36.4 Å². The summed E-state index contributed by atoms with van der Waals surface area (Å²) < 4.78 is 24.2. The molecule has 1 aromatic rings. The second kappa shape index (κ2) is 4.54. The van der Waals surface area contributed by atoms with E-state index in [1.807, 2.05) is 6.07 Å². The van der Waals surface area contributed by atoms with Crippen molar-refractivity contribution in [3.63, 3.8) is 0 Å². The maximum Gasteiger partial charge on any atom is 0.296 e. The van der Waals surface area contributed by atoms with Crippen molar-refractivity contribution in [1.29, 1.82) is 0 Å². The maximum atomic E-state index is 11.0. The quantitative estimate of drug-likeness (QED) is 0.733. The highest BCUT2D eigenvalue weighted by Crippen LogP contribution is 2.44. The van der Waals surface area contributed by atoms with Crippen LogP contribution >= 0.6 is 0 Å². The largest absolute Gasteiger partial charge is 0.382 e. The maximum absolute atomic E-state index is 11.0. The molecule has 0 spiro atoms. The van der Waals surface area contributed by atoms with E-state index in [-0.39, 0.29) is 0 Å². The summed E-state index contributed by atoms with van der Waals surface area (Å²) in [7, 11) is -3.72. The molecule has 3 atom stereocenters. The fourth-order valence-electron chi connectivity index (χ4n) is 2.93. The van der Waals surface area contributed by atoms with Gasteiger partial charge in [0, 0.05) is 17.6 Å². The fraction of sp³-hybridized carbons (Fsp3) is 0.385. The first-order chi connectivity index (χ1) is 9.01. The van der Waals surface area contributed by atoms with Gasteiger partial charge in [-0.05, 0) is 37.0 Å². The monoisotopic (exact) mass is 279 g/mol. The van der Waals surface area contributed by atoms with E-state index in [4.69, 9.17) is 5.14 Å². The van der Waals surface area contributed by atoms with E-state index in [0.29, 0.717) is 17.6 Å². The molecular weight excluding hydrogens is 262 g/mol. The Hall–Kier alpha value is -1.53. The van der Waals surface area contributed by atoms with Gasteiger partial charge in [0.15, 0.2) is 0 Å². The third-order valence-electron chi connectivity index (χ3n) is 3.84. The first kappa shape index (κ1) is 12.5. The van der Waals surface area contributed by atoms with Gasteiger partial charge in [0.25, 0.3) is 10.2 Å². The smallest absolute Gasteiger partial charge is 0.296 e. The molecule has 0 saturated heterocycles. The lowest BCUT2D eigenvalue weighted by atomic mass is 9.71. The number of hydrogen-bond donors (Lipinski definition) is 3. The van der Waals surface area contributed by atoms with E-state index in [1.165, 1.54) is 12.8 Å². The van der Waals surface area contributed by atoms with Crippen LogP contribution in [0.3, 0.4) is 0 Å². The lowest BCUT2D eigenvalue weighted by Crippen LogP contribution is -2.43. The minimum atomic E-state index is -3.72. The molecule has 0 amide bonds. The number of rotatable bonds is 4. The van der Waals surface area contributed by atoms with Gasteiger partial charge < -0.3 is 5.32 Å². The fourth-order valence-corrected chi connectivity index (χ4v) is 3.39. The lowest BCUT2D eigenvalue weighted by Gasteiger charge is -2.41. The molecule has 0 aromatic heterocycles. The second-order valence-electron chi connectivity index (χ2n) is 5.22. The number of nitrogens with two attached hydrogens (primary N) is 1. The summed E-state index contributed by atoms with van der Waals surface area (Å²) >= 11 is 0. The normalized spacial score (nSPS) is 28.6. The molecule has 102 valence electrons. The lowest BCUT2D eigenvalue weighted by molar-refractivity contribution is 0.218. The topological polar surface area (TPSA) is 84.2 Å². The van der Waals surface area contributed by atoms with Crippen molar-refractivity contribution in [2.45, 2.75) is 18.9 Å². The van der Waals surface area contributed by atoms with Gasteiger partial charge in [0.1, 0.15) is 0 Å². The summed E-state index contributed by atoms with van der Waals surface area (Å²) in [5.74, 6) is 1.41. The van der Waals surface area contributed by atoms with Gasteiger partial charge in [-0.1, -0.05) is 18.2 Å². The number of fused-ring (bicyclic) bond motifs is 1. The zero-order valence-electron chi connectivity index (χ0n) is 10.4. The summed E-state index contributed by atoms with van der Waals surface area (Å²) in [6.45, 7) is 0. The van der Waals surface area contributed by atoms with E-state index in [2.05, 4.69) is 22.2 Å². The molecule has 1 saturated carbocycles. The van der Waals surface area contributed by atoms with E-state index >= 15 is 0 Å². The number of allylic oxidation sites excluding steroid dienone is 1. The second-order valence-corrected chi connectivity index (χ2v) is 6.51. The van der Waals surface area contributed by atoms with Crippen LogP contribution in [0, 0.1) is 11.8 Å². The van der Waals surface area contributed by atoms with Gasteiger partial charge in [-0.25, -0.2) is 5.14 Å². The molecule has 0 radical (unpaired) electrons. The van der Waals surface area contributed by atoms with Gasteiger partial charge >= 0.3 is 0 Å². The highest BCUT2D eigenvalue weighted by Gasteiger charge is 2.40. The van der Waals surface area contributed by atoms with Crippen LogP contribution in [0.2, 0.25) is 0 Å².